The summed E-state index contributed by atoms with van der Waals surface area (Å²) in [6, 6.07) is 8.49. The van der Waals surface area contributed by atoms with Crippen LogP contribution in [0, 0.1) is 0 Å². The van der Waals surface area contributed by atoms with Crippen molar-refractivity contribution in [3.63, 3.8) is 0 Å². The van der Waals surface area contributed by atoms with E-state index in [1.807, 2.05) is 0 Å². The van der Waals surface area contributed by atoms with Gasteiger partial charge in [-0.15, -0.1) is 0 Å². The number of anilines is 2. The van der Waals surface area contributed by atoms with Gasteiger partial charge in [0.2, 0.25) is 0 Å². The molecule has 94 valence electrons. The quantitative estimate of drug-likeness (QED) is 0.748. The molecule has 0 amide bonds. The highest BCUT2D eigenvalue weighted by Crippen LogP contribution is 2.34. The summed E-state index contributed by atoms with van der Waals surface area (Å²) in [5.74, 6) is 0. The van der Waals surface area contributed by atoms with Crippen LogP contribution < -0.4 is 9.80 Å². The van der Waals surface area contributed by atoms with Crippen LogP contribution in [0.2, 0.25) is 0 Å². The van der Waals surface area contributed by atoms with Crippen LogP contribution in [0.5, 0.6) is 0 Å². The van der Waals surface area contributed by atoms with Crippen molar-refractivity contribution in [3.8, 4) is 0 Å². The average molecular weight is 236 g/mol. The lowest BCUT2D eigenvalue weighted by atomic mass is 10.2. The molecular weight excluding hydrogens is 216 g/mol. The third-order valence-corrected chi connectivity index (χ3v) is 3.04. The van der Waals surface area contributed by atoms with Crippen LogP contribution >= 0.6 is 0 Å². The van der Waals surface area contributed by atoms with Crippen molar-refractivity contribution in [2.75, 3.05) is 57.0 Å². The van der Waals surface area contributed by atoms with E-state index in [9.17, 15) is 0 Å². The van der Waals surface area contributed by atoms with Gasteiger partial charge in [-0.05, 0) is 12.1 Å². The highest BCUT2D eigenvalue weighted by atomic mass is 16.5. The largest absolute Gasteiger partial charge is 0.383 e. The number of hydrogen-bond acceptors (Lipinski definition) is 4. The molecule has 0 unspecified atom stereocenters. The van der Waals surface area contributed by atoms with Gasteiger partial charge in [-0.1, -0.05) is 12.1 Å². The lowest BCUT2D eigenvalue weighted by Gasteiger charge is -2.21. The first-order valence-corrected chi connectivity index (χ1v) is 5.93. The molecule has 17 heavy (non-hydrogen) atoms. The minimum Gasteiger partial charge on any atom is -0.383 e. The van der Waals surface area contributed by atoms with E-state index >= 15 is 0 Å². The number of rotatable bonds is 6. The maximum Gasteiger partial charge on any atom is 0.0906 e. The summed E-state index contributed by atoms with van der Waals surface area (Å²) in [5.41, 5.74) is 2.58. The fourth-order valence-electron chi connectivity index (χ4n) is 2.14. The van der Waals surface area contributed by atoms with Crippen LogP contribution in [0.3, 0.4) is 0 Å². The zero-order valence-corrected chi connectivity index (χ0v) is 10.6. The summed E-state index contributed by atoms with van der Waals surface area (Å²) < 4.78 is 10.3. The van der Waals surface area contributed by atoms with Crippen LogP contribution in [-0.4, -0.2) is 47.2 Å². The van der Waals surface area contributed by atoms with Gasteiger partial charge in [0.25, 0.3) is 0 Å². The zero-order chi connectivity index (χ0) is 12.1. The molecular formula is C13H20N2O2. The molecule has 4 heteroatoms. The number of hydrogen-bond donors (Lipinski definition) is 0. The fourth-order valence-corrected chi connectivity index (χ4v) is 2.14. The van der Waals surface area contributed by atoms with Gasteiger partial charge in [-0.2, -0.15) is 0 Å². The Kier molecular flexibility index (Phi) is 4.23. The first-order chi connectivity index (χ1) is 8.36. The van der Waals surface area contributed by atoms with Crippen molar-refractivity contribution in [2.24, 2.45) is 0 Å². The van der Waals surface area contributed by atoms with Gasteiger partial charge in [0, 0.05) is 27.3 Å². The number of fused-ring (bicyclic) bond motifs is 1. The molecule has 0 aromatic heterocycles. The summed E-state index contributed by atoms with van der Waals surface area (Å²) in [7, 11) is 3.48. The Balaban J connectivity index is 2.09. The lowest BCUT2D eigenvalue weighted by Crippen LogP contribution is -2.34. The molecule has 0 atom stereocenters. The summed E-state index contributed by atoms with van der Waals surface area (Å²) >= 11 is 0. The van der Waals surface area contributed by atoms with Gasteiger partial charge in [0.1, 0.15) is 0 Å². The van der Waals surface area contributed by atoms with E-state index in [0.717, 1.165) is 33.0 Å². The van der Waals surface area contributed by atoms with Crippen LogP contribution in [0.25, 0.3) is 0 Å². The first kappa shape index (κ1) is 12.2. The molecule has 0 N–H and O–H groups in total. The number of benzene rings is 1. The lowest BCUT2D eigenvalue weighted by molar-refractivity contribution is 0.202. The van der Waals surface area contributed by atoms with E-state index in [-0.39, 0.29) is 0 Å². The second-order valence-electron chi connectivity index (χ2n) is 4.14. The maximum absolute atomic E-state index is 5.15. The molecule has 2 rings (SSSR count). The van der Waals surface area contributed by atoms with Crippen molar-refractivity contribution in [1.29, 1.82) is 0 Å². The Morgan fingerprint density at radius 2 is 1.41 bits per heavy atom. The summed E-state index contributed by atoms with van der Waals surface area (Å²) in [6.07, 6.45) is 0. The van der Waals surface area contributed by atoms with E-state index < -0.39 is 0 Å². The molecule has 4 nitrogen and oxygen atoms in total. The molecule has 0 saturated heterocycles. The van der Waals surface area contributed by atoms with Crippen molar-refractivity contribution in [3.05, 3.63) is 24.3 Å². The van der Waals surface area contributed by atoms with E-state index in [0.29, 0.717) is 0 Å². The van der Waals surface area contributed by atoms with Crippen LogP contribution in [-0.2, 0) is 9.47 Å². The van der Waals surface area contributed by atoms with E-state index in [1.54, 1.807) is 14.2 Å². The van der Waals surface area contributed by atoms with Crippen LogP contribution in [0.4, 0.5) is 11.4 Å². The number of methoxy groups -OCH3 is 2. The van der Waals surface area contributed by atoms with Gasteiger partial charge < -0.3 is 19.3 Å². The summed E-state index contributed by atoms with van der Waals surface area (Å²) in [4.78, 5) is 4.68. The van der Waals surface area contributed by atoms with Gasteiger partial charge in [-0.25, -0.2) is 0 Å². The number of nitrogens with zero attached hydrogens (tertiary/aromatic N) is 2. The molecule has 0 radical (unpaired) electrons. The summed E-state index contributed by atoms with van der Waals surface area (Å²) in [5, 5.41) is 0. The highest BCUT2D eigenvalue weighted by molar-refractivity contribution is 5.76. The molecule has 1 heterocycles. The normalized spacial score (nSPS) is 14.2. The Morgan fingerprint density at radius 1 is 0.941 bits per heavy atom. The molecule has 0 aliphatic carbocycles. The van der Waals surface area contributed by atoms with Gasteiger partial charge >= 0.3 is 0 Å². The molecule has 0 saturated carbocycles. The molecule has 0 spiro atoms. The Bertz CT molecular complexity index is 324. The third kappa shape index (κ3) is 2.70. The van der Waals surface area contributed by atoms with Gasteiger partial charge in [0.05, 0.1) is 31.3 Å². The van der Waals surface area contributed by atoms with Crippen molar-refractivity contribution in [2.45, 2.75) is 0 Å². The first-order valence-electron chi connectivity index (χ1n) is 5.93. The molecule has 1 aliphatic rings. The molecule has 1 aromatic carbocycles. The second kappa shape index (κ2) is 5.89. The molecule has 1 aliphatic heterocycles. The van der Waals surface area contributed by atoms with Crippen molar-refractivity contribution in [1.82, 2.24) is 0 Å². The van der Waals surface area contributed by atoms with Crippen LogP contribution in [0.15, 0.2) is 24.3 Å². The third-order valence-electron chi connectivity index (χ3n) is 3.04. The van der Waals surface area contributed by atoms with E-state index in [2.05, 4.69) is 34.1 Å². The zero-order valence-electron chi connectivity index (χ0n) is 10.6. The van der Waals surface area contributed by atoms with E-state index in [1.165, 1.54) is 11.4 Å². The predicted octanol–water partition coefficient (Wildman–Crippen LogP) is 1.56. The highest BCUT2D eigenvalue weighted by Gasteiger charge is 2.24. The van der Waals surface area contributed by atoms with Gasteiger partial charge in [-0.3, -0.25) is 0 Å². The minimum atomic E-state index is 0.756. The molecule has 0 fully saturated rings. The average Bonchev–Trinajstić information content (AvgIpc) is 2.72. The maximum atomic E-state index is 5.15. The van der Waals surface area contributed by atoms with Crippen molar-refractivity contribution < 1.29 is 9.47 Å². The SMILES string of the molecule is COCCN1CN(CCOC)c2ccccc21. The van der Waals surface area contributed by atoms with Crippen LogP contribution in [0.1, 0.15) is 0 Å². The van der Waals surface area contributed by atoms with Crippen molar-refractivity contribution >= 4 is 11.4 Å². The smallest absolute Gasteiger partial charge is 0.0906 e. The predicted molar refractivity (Wildman–Crippen MR) is 69.8 cm³/mol. The number of para-hydroxylation sites is 2. The second-order valence-corrected chi connectivity index (χ2v) is 4.14. The van der Waals surface area contributed by atoms with E-state index in [4.69, 9.17) is 9.47 Å². The Labute approximate surface area is 103 Å². The fraction of sp³-hybridized carbons (Fsp3) is 0.538. The minimum absolute atomic E-state index is 0.756. The topological polar surface area (TPSA) is 24.9 Å². The van der Waals surface area contributed by atoms with Gasteiger partial charge in [0.15, 0.2) is 0 Å². The molecule has 0 bridgehead atoms. The Morgan fingerprint density at radius 3 is 1.82 bits per heavy atom. The Hall–Kier alpha value is -1.26. The number of ether oxygens (including phenoxy) is 2. The monoisotopic (exact) mass is 236 g/mol. The molecule has 1 aromatic rings. The summed E-state index contributed by atoms with van der Waals surface area (Å²) in [6.45, 7) is 4.29. The standard InChI is InChI=1S/C13H20N2O2/c1-16-9-7-14-11-15(8-10-17-2)13-6-4-3-5-12(13)14/h3-6H,7-11H2,1-2H3.